The van der Waals surface area contributed by atoms with E-state index in [1.807, 2.05) is 24.3 Å². The SMILES string of the molecule is C[C@H](NS(=O)(=O)c1ccc2ccccc2c1)c1ccc(F)c(F)c1. The van der Waals surface area contributed by atoms with Crippen molar-refractivity contribution in [3.63, 3.8) is 0 Å². The van der Waals surface area contributed by atoms with Crippen LogP contribution < -0.4 is 4.72 Å². The second-order valence-electron chi connectivity index (χ2n) is 5.53. The van der Waals surface area contributed by atoms with Gasteiger partial charge in [0, 0.05) is 6.04 Å². The maximum Gasteiger partial charge on any atom is 0.241 e. The predicted octanol–water partition coefficient (Wildman–Crippen LogP) is 4.16. The molecule has 0 bridgehead atoms. The zero-order chi connectivity index (χ0) is 17.3. The Labute approximate surface area is 139 Å². The average Bonchev–Trinajstić information content (AvgIpc) is 2.56. The minimum absolute atomic E-state index is 0.121. The molecular weight excluding hydrogens is 332 g/mol. The lowest BCUT2D eigenvalue weighted by molar-refractivity contribution is 0.504. The monoisotopic (exact) mass is 347 g/mol. The van der Waals surface area contributed by atoms with E-state index in [2.05, 4.69) is 4.72 Å². The van der Waals surface area contributed by atoms with E-state index in [1.165, 1.54) is 12.1 Å². The fourth-order valence-electron chi connectivity index (χ4n) is 2.49. The number of hydrogen-bond donors (Lipinski definition) is 1. The minimum atomic E-state index is -3.79. The number of benzene rings is 3. The molecule has 124 valence electrons. The summed E-state index contributed by atoms with van der Waals surface area (Å²) in [6.45, 7) is 1.57. The van der Waals surface area contributed by atoms with E-state index in [9.17, 15) is 17.2 Å². The lowest BCUT2D eigenvalue weighted by atomic mass is 10.1. The van der Waals surface area contributed by atoms with Gasteiger partial charge in [-0.05, 0) is 47.5 Å². The van der Waals surface area contributed by atoms with Crippen LogP contribution in [0.25, 0.3) is 10.8 Å². The summed E-state index contributed by atoms with van der Waals surface area (Å²) >= 11 is 0. The zero-order valence-corrected chi connectivity index (χ0v) is 13.6. The van der Waals surface area contributed by atoms with Crippen LogP contribution in [-0.4, -0.2) is 8.42 Å². The smallest absolute Gasteiger partial charge is 0.207 e. The third-order valence-electron chi connectivity index (χ3n) is 3.81. The van der Waals surface area contributed by atoms with E-state index in [0.29, 0.717) is 5.56 Å². The lowest BCUT2D eigenvalue weighted by Gasteiger charge is -2.15. The van der Waals surface area contributed by atoms with Gasteiger partial charge in [0.15, 0.2) is 11.6 Å². The van der Waals surface area contributed by atoms with E-state index >= 15 is 0 Å². The van der Waals surface area contributed by atoms with Gasteiger partial charge in [-0.3, -0.25) is 0 Å². The maximum atomic E-state index is 13.3. The number of rotatable bonds is 4. The molecule has 6 heteroatoms. The lowest BCUT2D eigenvalue weighted by Crippen LogP contribution is -2.27. The Morgan fingerprint density at radius 1 is 0.875 bits per heavy atom. The molecule has 24 heavy (non-hydrogen) atoms. The molecule has 3 rings (SSSR count). The van der Waals surface area contributed by atoms with Crippen molar-refractivity contribution in [2.24, 2.45) is 0 Å². The molecule has 0 aliphatic heterocycles. The molecular formula is C18H15F2NO2S. The van der Waals surface area contributed by atoms with Crippen molar-refractivity contribution in [2.75, 3.05) is 0 Å². The number of hydrogen-bond acceptors (Lipinski definition) is 2. The third kappa shape index (κ3) is 3.29. The highest BCUT2D eigenvalue weighted by Crippen LogP contribution is 2.22. The first-order valence-electron chi connectivity index (χ1n) is 7.33. The van der Waals surface area contributed by atoms with Crippen LogP contribution in [0.3, 0.4) is 0 Å². The summed E-state index contributed by atoms with van der Waals surface area (Å²) in [5.41, 5.74) is 0.346. The molecule has 0 unspecified atom stereocenters. The Balaban J connectivity index is 1.90. The third-order valence-corrected chi connectivity index (χ3v) is 5.35. The molecule has 0 heterocycles. The molecule has 1 atom stereocenters. The van der Waals surface area contributed by atoms with Crippen molar-refractivity contribution < 1.29 is 17.2 Å². The number of nitrogens with one attached hydrogen (secondary N) is 1. The zero-order valence-electron chi connectivity index (χ0n) is 12.8. The molecule has 0 aliphatic rings. The number of halogens is 2. The molecule has 0 fully saturated rings. The van der Waals surface area contributed by atoms with E-state index in [1.54, 1.807) is 19.1 Å². The Morgan fingerprint density at radius 2 is 1.58 bits per heavy atom. The summed E-state index contributed by atoms with van der Waals surface area (Å²) in [5, 5.41) is 1.74. The summed E-state index contributed by atoms with van der Waals surface area (Å²) in [6, 6.07) is 14.9. The van der Waals surface area contributed by atoms with Crippen molar-refractivity contribution >= 4 is 20.8 Å². The van der Waals surface area contributed by atoms with Gasteiger partial charge in [-0.1, -0.05) is 36.4 Å². The Bertz CT molecular complexity index is 1000. The van der Waals surface area contributed by atoms with Gasteiger partial charge in [0.1, 0.15) is 0 Å². The second-order valence-corrected chi connectivity index (χ2v) is 7.24. The highest BCUT2D eigenvalue weighted by Gasteiger charge is 2.19. The quantitative estimate of drug-likeness (QED) is 0.770. The Kier molecular flexibility index (Phi) is 4.34. The largest absolute Gasteiger partial charge is 0.241 e. The van der Waals surface area contributed by atoms with Crippen molar-refractivity contribution in [2.45, 2.75) is 17.9 Å². The number of sulfonamides is 1. The Hall–Kier alpha value is -2.31. The van der Waals surface area contributed by atoms with Crippen LogP contribution in [0.5, 0.6) is 0 Å². The van der Waals surface area contributed by atoms with Gasteiger partial charge in [-0.15, -0.1) is 0 Å². The van der Waals surface area contributed by atoms with E-state index in [4.69, 9.17) is 0 Å². The normalized spacial score (nSPS) is 13.1. The molecule has 0 radical (unpaired) electrons. The van der Waals surface area contributed by atoms with Crippen LogP contribution in [0.2, 0.25) is 0 Å². The maximum absolute atomic E-state index is 13.3. The summed E-state index contributed by atoms with van der Waals surface area (Å²) in [6.07, 6.45) is 0. The van der Waals surface area contributed by atoms with Crippen LogP contribution in [-0.2, 0) is 10.0 Å². The van der Waals surface area contributed by atoms with Gasteiger partial charge >= 0.3 is 0 Å². The molecule has 0 saturated carbocycles. The predicted molar refractivity (Wildman–Crippen MR) is 89.0 cm³/mol. The van der Waals surface area contributed by atoms with E-state index in [-0.39, 0.29) is 4.90 Å². The first-order valence-corrected chi connectivity index (χ1v) is 8.81. The highest BCUT2D eigenvalue weighted by atomic mass is 32.2. The van der Waals surface area contributed by atoms with Gasteiger partial charge in [-0.25, -0.2) is 21.9 Å². The number of fused-ring (bicyclic) bond motifs is 1. The molecule has 1 N–H and O–H groups in total. The molecule has 3 nitrogen and oxygen atoms in total. The van der Waals surface area contributed by atoms with Crippen LogP contribution >= 0.6 is 0 Å². The summed E-state index contributed by atoms with van der Waals surface area (Å²) < 4.78 is 53.9. The van der Waals surface area contributed by atoms with Crippen LogP contribution in [0.4, 0.5) is 8.78 Å². The van der Waals surface area contributed by atoms with Crippen LogP contribution in [0, 0.1) is 11.6 Å². The van der Waals surface area contributed by atoms with Crippen LogP contribution in [0.15, 0.2) is 65.6 Å². The van der Waals surface area contributed by atoms with Gasteiger partial charge in [-0.2, -0.15) is 0 Å². The Morgan fingerprint density at radius 3 is 2.29 bits per heavy atom. The molecule has 0 aliphatic carbocycles. The molecule has 3 aromatic carbocycles. The summed E-state index contributed by atoms with van der Waals surface area (Å²) in [7, 11) is -3.79. The van der Waals surface area contributed by atoms with Crippen molar-refractivity contribution in [3.8, 4) is 0 Å². The first kappa shape index (κ1) is 16.5. The molecule has 0 aromatic heterocycles. The second kappa shape index (κ2) is 6.30. The fourth-order valence-corrected chi connectivity index (χ4v) is 3.75. The summed E-state index contributed by atoms with van der Waals surface area (Å²) in [4.78, 5) is 0.121. The molecule has 0 spiro atoms. The topological polar surface area (TPSA) is 46.2 Å². The highest BCUT2D eigenvalue weighted by molar-refractivity contribution is 7.89. The molecule has 3 aromatic rings. The minimum Gasteiger partial charge on any atom is -0.207 e. The van der Waals surface area contributed by atoms with E-state index < -0.39 is 27.7 Å². The van der Waals surface area contributed by atoms with E-state index in [0.717, 1.165) is 22.9 Å². The average molecular weight is 347 g/mol. The molecule has 0 saturated heterocycles. The van der Waals surface area contributed by atoms with Gasteiger partial charge in [0.2, 0.25) is 10.0 Å². The van der Waals surface area contributed by atoms with Crippen molar-refractivity contribution in [1.29, 1.82) is 0 Å². The summed E-state index contributed by atoms with van der Waals surface area (Å²) in [5.74, 6) is -1.98. The van der Waals surface area contributed by atoms with Crippen LogP contribution in [0.1, 0.15) is 18.5 Å². The van der Waals surface area contributed by atoms with Gasteiger partial charge in [0.25, 0.3) is 0 Å². The van der Waals surface area contributed by atoms with Gasteiger partial charge < -0.3 is 0 Å². The first-order chi connectivity index (χ1) is 11.4. The van der Waals surface area contributed by atoms with Crippen molar-refractivity contribution in [3.05, 3.63) is 77.9 Å². The standard InChI is InChI=1S/C18H15F2NO2S/c1-12(14-7-9-17(19)18(20)11-14)21-24(22,23)16-8-6-13-4-2-3-5-15(13)10-16/h2-12,21H,1H3/t12-/m0/s1. The van der Waals surface area contributed by atoms with Gasteiger partial charge in [0.05, 0.1) is 4.90 Å². The fraction of sp³-hybridized carbons (Fsp3) is 0.111. The van der Waals surface area contributed by atoms with Crippen molar-refractivity contribution in [1.82, 2.24) is 4.72 Å². The molecule has 0 amide bonds.